The van der Waals surface area contributed by atoms with Gasteiger partial charge in [0.25, 0.3) is 0 Å². The zero-order valence-electron chi connectivity index (χ0n) is 14.6. The Morgan fingerprint density at radius 1 is 0.769 bits per heavy atom. The zero-order chi connectivity index (χ0) is 21.8. The third-order valence-electron chi connectivity index (χ3n) is 2.79. The summed E-state index contributed by atoms with van der Waals surface area (Å²) in [6.45, 7) is 9.45. The Balaban J connectivity index is -0.000000136. The average molecular weight is 380 g/mol. The van der Waals surface area contributed by atoms with E-state index in [0.717, 1.165) is 18.2 Å². The molecule has 1 atom stereocenters. The lowest BCUT2D eigenvalue weighted by atomic mass is 9.79. The van der Waals surface area contributed by atoms with Gasteiger partial charge in [-0.15, -0.1) is 0 Å². The fourth-order valence-electron chi connectivity index (χ4n) is 0.811. The summed E-state index contributed by atoms with van der Waals surface area (Å²) >= 11 is 0. The molecule has 0 fully saturated rings. The molecule has 0 aliphatic rings. The molecule has 0 radical (unpaired) electrons. The summed E-state index contributed by atoms with van der Waals surface area (Å²) in [6.07, 6.45) is 2.50. The van der Waals surface area contributed by atoms with Crippen molar-refractivity contribution in [2.75, 3.05) is 26.4 Å². The van der Waals surface area contributed by atoms with E-state index in [1.807, 2.05) is 0 Å². The van der Waals surface area contributed by atoms with Crippen LogP contribution in [0.5, 0.6) is 0 Å². The molecule has 1 unspecified atom stereocenters. The van der Waals surface area contributed by atoms with Crippen LogP contribution in [0.15, 0.2) is 38.0 Å². The molecule has 0 aliphatic heterocycles. The molecule has 0 aromatic heterocycles. The maximum atomic E-state index is 9.25. The van der Waals surface area contributed by atoms with Gasteiger partial charge < -0.3 is 35.7 Å². The van der Waals surface area contributed by atoms with Crippen molar-refractivity contribution in [2.45, 2.75) is 6.92 Å². The fraction of sp³-hybridized carbons (Fsp3) is 0.438. The molecule has 0 rings (SSSR count). The smallest absolute Gasteiger partial charge is 0.327 e. The number of carboxylic acid groups (broad SMARTS) is 3. The molecule has 26 heavy (non-hydrogen) atoms. The molecule has 0 amide bonds. The summed E-state index contributed by atoms with van der Waals surface area (Å²) in [6, 6.07) is 0. The van der Waals surface area contributed by atoms with Gasteiger partial charge in [0.2, 0.25) is 0 Å². The van der Waals surface area contributed by atoms with Crippen molar-refractivity contribution in [3.8, 4) is 0 Å². The molecule has 0 aromatic carbocycles. The van der Waals surface area contributed by atoms with Gasteiger partial charge >= 0.3 is 17.9 Å². The molecule has 0 heterocycles. The highest BCUT2D eigenvalue weighted by molar-refractivity contribution is 5.79. The maximum Gasteiger partial charge on any atom is 0.327 e. The van der Waals surface area contributed by atoms with Gasteiger partial charge in [-0.3, -0.25) is 0 Å². The van der Waals surface area contributed by atoms with Gasteiger partial charge in [-0.2, -0.15) is 0 Å². The first-order valence-electron chi connectivity index (χ1n) is 6.97. The molecular weight excluding hydrogens is 352 g/mol. The first-order chi connectivity index (χ1) is 12.0. The highest BCUT2D eigenvalue weighted by atomic mass is 16.4. The Kier molecular flexibility index (Phi) is 24.7. The van der Waals surface area contributed by atoms with Crippen molar-refractivity contribution in [2.24, 2.45) is 11.3 Å². The minimum absolute atomic E-state index is 0.151. The largest absolute Gasteiger partial charge is 0.478 e. The lowest BCUT2D eigenvalue weighted by Crippen LogP contribution is -2.41. The molecule has 7 N–H and O–H groups in total. The fourth-order valence-corrected chi connectivity index (χ4v) is 0.811. The molecule has 0 spiro atoms. The van der Waals surface area contributed by atoms with E-state index in [0.29, 0.717) is 0 Å². The molecule has 0 aliphatic carbocycles. The van der Waals surface area contributed by atoms with E-state index in [-0.39, 0.29) is 32.3 Å². The van der Waals surface area contributed by atoms with Crippen LogP contribution in [-0.2, 0) is 14.4 Å². The molecule has 10 nitrogen and oxygen atoms in total. The second-order valence-electron chi connectivity index (χ2n) is 4.55. The van der Waals surface area contributed by atoms with E-state index in [1.54, 1.807) is 6.92 Å². The van der Waals surface area contributed by atoms with Crippen LogP contribution in [0.4, 0.5) is 0 Å². The van der Waals surface area contributed by atoms with E-state index in [1.165, 1.54) is 0 Å². The van der Waals surface area contributed by atoms with Crippen LogP contribution in [0.1, 0.15) is 6.92 Å². The quantitative estimate of drug-likeness (QED) is 0.266. The van der Waals surface area contributed by atoms with Gasteiger partial charge in [-0.25, -0.2) is 14.4 Å². The summed E-state index contributed by atoms with van der Waals surface area (Å²) in [4.78, 5) is 27.8. The number of rotatable bonds is 8. The minimum atomic E-state index is -0.981. The third-order valence-corrected chi connectivity index (χ3v) is 2.79. The van der Waals surface area contributed by atoms with Gasteiger partial charge in [-0.05, 0) is 5.92 Å². The predicted octanol–water partition coefficient (Wildman–Crippen LogP) is -0.651. The van der Waals surface area contributed by atoms with Crippen LogP contribution < -0.4 is 0 Å². The molecule has 0 bridgehead atoms. The number of aliphatic carboxylic acids is 3. The van der Waals surface area contributed by atoms with Gasteiger partial charge in [0.1, 0.15) is 0 Å². The number of hydrogen-bond acceptors (Lipinski definition) is 7. The van der Waals surface area contributed by atoms with E-state index in [2.05, 4.69) is 19.7 Å². The van der Waals surface area contributed by atoms with E-state index in [4.69, 9.17) is 35.7 Å². The van der Waals surface area contributed by atoms with E-state index < -0.39 is 23.3 Å². The number of carbonyl (C=O) groups is 3. The number of carboxylic acids is 3. The van der Waals surface area contributed by atoms with Crippen molar-refractivity contribution < 1.29 is 50.1 Å². The Morgan fingerprint density at radius 2 is 0.962 bits per heavy atom. The second kappa shape index (κ2) is 20.5. The normalized spacial score (nSPS) is 10.0. The Hall–Kier alpha value is -2.53. The highest BCUT2D eigenvalue weighted by Gasteiger charge is 2.34. The summed E-state index contributed by atoms with van der Waals surface area (Å²) in [5, 5.41) is 58.1. The monoisotopic (exact) mass is 380 g/mol. The van der Waals surface area contributed by atoms with Gasteiger partial charge in [0, 0.05) is 30.2 Å². The van der Waals surface area contributed by atoms with Crippen molar-refractivity contribution in [3.05, 3.63) is 38.0 Å². The molecular formula is C16H28O10. The molecule has 152 valence electrons. The average Bonchev–Trinajstić information content (AvgIpc) is 2.64. The van der Waals surface area contributed by atoms with Gasteiger partial charge in [0.05, 0.1) is 19.8 Å². The maximum absolute atomic E-state index is 9.25. The number of aliphatic hydroxyl groups is 4. The van der Waals surface area contributed by atoms with Gasteiger partial charge in [0.15, 0.2) is 0 Å². The predicted molar refractivity (Wildman–Crippen MR) is 93.4 cm³/mol. The van der Waals surface area contributed by atoms with Crippen molar-refractivity contribution in [3.63, 3.8) is 0 Å². The lowest BCUT2D eigenvalue weighted by molar-refractivity contribution is -0.132. The van der Waals surface area contributed by atoms with Crippen molar-refractivity contribution >= 4 is 17.9 Å². The molecule has 0 aromatic rings. The Morgan fingerprint density at radius 3 is 1.00 bits per heavy atom. The first-order valence-corrected chi connectivity index (χ1v) is 6.97. The standard InChI is InChI=1S/C7H16O4.3C3H4O2/c1-6(2-8)7(3-9,4-10)5-11;3*1-2-3(4)5/h6,8-11H,2-5H2,1H3;3*2H,1H2,(H,4,5). The number of aliphatic hydroxyl groups excluding tert-OH is 4. The highest BCUT2D eigenvalue weighted by Crippen LogP contribution is 2.25. The topological polar surface area (TPSA) is 193 Å². The SMILES string of the molecule is C=CC(=O)O.C=CC(=O)O.C=CC(=O)O.CC(CO)C(CO)(CO)CO. The minimum Gasteiger partial charge on any atom is -0.478 e. The van der Waals surface area contributed by atoms with E-state index >= 15 is 0 Å². The summed E-state index contributed by atoms with van der Waals surface area (Å²) in [7, 11) is 0. The van der Waals surface area contributed by atoms with Crippen LogP contribution in [0.25, 0.3) is 0 Å². The summed E-state index contributed by atoms with van der Waals surface area (Å²) in [5.74, 6) is -3.25. The summed E-state index contributed by atoms with van der Waals surface area (Å²) < 4.78 is 0. The van der Waals surface area contributed by atoms with Crippen LogP contribution in [0, 0.1) is 11.3 Å². The van der Waals surface area contributed by atoms with Crippen LogP contribution >= 0.6 is 0 Å². The molecule has 0 saturated heterocycles. The van der Waals surface area contributed by atoms with Gasteiger partial charge in [-0.1, -0.05) is 26.7 Å². The first kappa shape index (κ1) is 31.3. The summed E-state index contributed by atoms with van der Waals surface area (Å²) in [5.41, 5.74) is -0.950. The molecule has 0 saturated carbocycles. The van der Waals surface area contributed by atoms with Crippen molar-refractivity contribution in [1.29, 1.82) is 0 Å². The van der Waals surface area contributed by atoms with Crippen molar-refractivity contribution in [1.82, 2.24) is 0 Å². The van der Waals surface area contributed by atoms with Crippen LogP contribution in [0.2, 0.25) is 0 Å². The Labute approximate surface area is 151 Å². The molecule has 10 heteroatoms. The third kappa shape index (κ3) is 21.5. The zero-order valence-corrected chi connectivity index (χ0v) is 14.6. The second-order valence-corrected chi connectivity index (χ2v) is 4.55. The number of hydrogen-bond donors (Lipinski definition) is 7. The van der Waals surface area contributed by atoms with Crippen LogP contribution in [-0.4, -0.2) is 80.1 Å². The Bertz CT molecular complexity index is 376. The van der Waals surface area contributed by atoms with E-state index in [9.17, 15) is 14.4 Å². The van der Waals surface area contributed by atoms with Crippen LogP contribution in [0.3, 0.4) is 0 Å². The lowest BCUT2D eigenvalue weighted by Gasteiger charge is -2.32.